The van der Waals surface area contributed by atoms with Crippen LogP contribution in [0, 0.1) is 0 Å². The monoisotopic (exact) mass is 267 g/mol. The number of carboxylic acid groups (broad SMARTS) is 1. The molecule has 1 aromatic heterocycles. The predicted molar refractivity (Wildman–Crippen MR) is 58.1 cm³/mol. The molecule has 4 nitrogen and oxygen atoms in total. The van der Waals surface area contributed by atoms with Crippen molar-refractivity contribution >= 4 is 32.8 Å². The van der Waals surface area contributed by atoms with Crippen LogP contribution in [0.4, 0.5) is 0 Å². The van der Waals surface area contributed by atoms with Gasteiger partial charge in [-0.1, -0.05) is 0 Å². The van der Waals surface area contributed by atoms with Crippen LogP contribution in [-0.4, -0.2) is 21.2 Å². The van der Waals surface area contributed by atoms with E-state index in [2.05, 4.69) is 20.9 Å². The van der Waals surface area contributed by atoms with Crippen molar-refractivity contribution in [3.63, 3.8) is 0 Å². The first-order chi connectivity index (χ1) is 7.09. The molecule has 0 atom stereocenters. The second kappa shape index (κ2) is 3.51. The molecule has 0 amide bonds. The van der Waals surface area contributed by atoms with Gasteiger partial charge in [0.2, 0.25) is 0 Å². The molecule has 76 valence electrons. The van der Waals surface area contributed by atoms with Crippen LogP contribution in [-0.2, 0) is 0 Å². The normalized spacial score (nSPS) is 10.5. The van der Waals surface area contributed by atoms with E-state index in [4.69, 9.17) is 5.11 Å². The number of pyridine rings is 1. The molecule has 0 aliphatic carbocycles. The fraction of sp³-hybridized carbons (Fsp3) is 0. The van der Waals surface area contributed by atoms with Crippen molar-refractivity contribution in [1.82, 2.24) is 4.98 Å². The maximum atomic E-state index is 11.0. The van der Waals surface area contributed by atoms with Crippen LogP contribution < -0.4 is 0 Å². The van der Waals surface area contributed by atoms with E-state index in [1.807, 2.05) is 0 Å². The molecule has 2 N–H and O–H groups in total. The number of nitrogens with zero attached hydrogens (tertiary/aromatic N) is 1. The quantitative estimate of drug-likeness (QED) is 0.833. The third-order valence-electron chi connectivity index (χ3n) is 2.01. The van der Waals surface area contributed by atoms with Crippen molar-refractivity contribution in [2.75, 3.05) is 0 Å². The summed E-state index contributed by atoms with van der Waals surface area (Å²) in [5.74, 6) is -1.11. The second-order valence-electron chi connectivity index (χ2n) is 2.99. The Morgan fingerprint density at radius 2 is 2.13 bits per heavy atom. The summed E-state index contributed by atoms with van der Waals surface area (Å²) in [4.78, 5) is 14.9. The number of carbonyl (C=O) groups is 1. The van der Waals surface area contributed by atoms with Gasteiger partial charge in [-0.2, -0.15) is 0 Å². The number of hydrogen-bond acceptors (Lipinski definition) is 3. The van der Waals surface area contributed by atoms with Crippen LogP contribution in [0.2, 0.25) is 0 Å². The molecule has 0 aliphatic rings. The Labute approximate surface area is 93.3 Å². The first kappa shape index (κ1) is 9.92. The van der Waals surface area contributed by atoms with Crippen LogP contribution in [0.15, 0.2) is 28.9 Å². The minimum Gasteiger partial charge on any atom is -0.506 e. The van der Waals surface area contributed by atoms with Gasteiger partial charge < -0.3 is 10.2 Å². The summed E-state index contributed by atoms with van der Waals surface area (Å²) < 4.78 is 0.468. The molecule has 0 saturated carbocycles. The Kier molecular flexibility index (Phi) is 2.32. The van der Waals surface area contributed by atoms with E-state index in [-0.39, 0.29) is 11.3 Å². The fourth-order valence-electron chi connectivity index (χ4n) is 1.38. The first-order valence-corrected chi connectivity index (χ1v) is 4.89. The first-order valence-electron chi connectivity index (χ1n) is 4.10. The van der Waals surface area contributed by atoms with Crippen molar-refractivity contribution in [3.05, 3.63) is 34.4 Å². The number of aromatic nitrogens is 1. The lowest BCUT2D eigenvalue weighted by Gasteiger charge is -2.04. The summed E-state index contributed by atoms with van der Waals surface area (Å²) in [6, 6.07) is 4.69. The van der Waals surface area contributed by atoms with Crippen molar-refractivity contribution in [2.24, 2.45) is 0 Å². The summed E-state index contributed by atoms with van der Waals surface area (Å²) >= 11 is 3.15. The maximum absolute atomic E-state index is 11.0. The molecule has 2 rings (SSSR count). The Bertz CT molecular complexity index is 548. The van der Waals surface area contributed by atoms with E-state index < -0.39 is 5.97 Å². The molecular formula is C10H6BrNO3. The number of fused-ring (bicyclic) bond motifs is 1. The average molecular weight is 268 g/mol. The lowest BCUT2D eigenvalue weighted by molar-refractivity contribution is 0.0698. The molecule has 0 radical (unpaired) electrons. The molecule has 1 aromatic carbocycles. The summed E-state index contributed by atoms with van der Waals surface area (Å²) in [5, 5.41) is 18.7. The number of rotatable bonds is 1. The fourth-order valence-corrected chi connectivity index (χ4v) is 1.89. The van der Waals surface area contributed by atoms with Gasteiger partial charge in [-0.05, 0) is 34.1 Å². The van der Waals surface area contributed by atoms with Crippen LogP contribution >= 0.6 is 15.9 Å². The molecule has 0 fully saturated rings. The lowest BCUT2D eigenvalue weighted by Crippen LogP contribution is -1.99. The summed E-state index contributed by atoms with van der Waals surface area (Å²) in [5.41, 5.74) is 0.643. The van der Waals surface area contributed by atoms with Crippen LogP contribution in [0.1, 0.15) is 10.4 Å². The zero-order valence-corrected chi connectivity index (χ0v) is 9.02. The van der Waals surface area contributed by atoms with Gasteiger partial charge in [-0.15, -0.1) is 0 Å². The van der Waals surface area contributed by atoms with Crippen LogP contribution in [0.5, 0.6) is 5.75 Å². The predicted octanol–water partition coefficient (Wildman–Crippen LogP) is 2.40. The molecule has 1 heterocycles. The minimum absolute atomic E-state index is 0.0527. The van der Waals surface area contributed by atoms with E-state index in [0.717, 1.165) is 0 Å². The highest BCUT2D eigenvalue weighted by molar-refractivity contribution is 9.10. The number of aromatic hydroxyl groups is 1. The van der Waals surface area contributed by atoms with E-state index in [9.17, 15) is 9.90 Å². The summed E-state index contributed by atoms with van der Waals surface area (Å²) in [6.07, 6.45) is 1.28. The van der Waals surface area contributed by atoms with Gasteiger partial charge in [0, 0.05) is 9.86 Å². The third-order valence-corrected chi connectivity index (χ3v) is 2.67. The number of halogens is 1. The number of carboxylic acids is 1. The van der Waals surface area contributed by atoms with Gasteiger partial charge in [0.15, 0.2) is 0 Å². The highest BCUT2D eigenvalue weighted by atomic mass is 79.9. The van der Waals surface area contributed by atoms with Gasteiger partial charge in [-0.25, -0.2) is 4.79 Å². The molecule has 0 aliphatic heterocycles. The van der Waals surface area contributed by atoms with E-state index in [1.165, 1.54) is 12.3 Å². The summed E-state index contributed by atoms with van der Waals surface area (Å²) in [7, 11) is 0. The van der Waals surface area contributed by atoms with Crippen LogP contribution in [0.3, 0.4) is 0 Å². The zero-order chi connectivity index (χ0) is 11.0. The second-order valence-corrected chi connectivity index (χ2v) is 3.84. The Morgan fingerprint density at radius 1 is 1.40 bits per heavy atom. The minimum atomic E-state index is -1.06. The molecule has 0 saturated heterocycles. The molecule has 0 unspecified atom stereocenters. The Balaban J connectivity index is 2.90. The zero-order valence-electron chi connectivity index (χ0n) is 7.44. The smallest absolute Gasteiger partial charge is 0.337 e. The van der Waals surface area contributed by atoms with Gasteiger partial charge in [0.25, 0.3) is 0 Å². The largest absolute Gasteiger partial charge is 0.506 e. The number of hydrogen-bond donors (Lipinski definition) is 2. The molecule has 0 bridgehead atoms. The van der Waals surface area contributed by atoms with Gasteiger partial charge in [0.1, 0.15) is 5.75 Å². The van der Waals surface area contributed by atoms with Crippen molar-refractivity contribution < 1.29 is 15.0 Å². The highest BCUT2D eigenvalue weighted by Gasteiger charge is 2.13. The molecular weight excluding hydrogens is 262 g/mol. The average Bonchev–Trinajstić information content (AvgIpc) is 2.16. The highest BCUT2D eigenvalue weighted by Crippen LogP contribution is 2.27. The number of benzene rings is 1. The number of aromatic carboxylic acids is 1. The summed E-state index contributed by atoms with van der Waals surface area (Å²) in [6.45, 7) is 0. The third kappa shape index (κ3) is 1.66. The Hall–Kier alpha value is -1.62. The van der Waals surface area contributed by atoms with Gasteiger partial charge in [0.05, 0.1) is 17.3 Å². The molecule has 0 spiro atoms. The van der Waals surface area contributed by atoms with Crippen molar-refractivity contribution in [3.8, 4) is 5.75 Å². The Morgan fingerprint density at radius 3 is 2.80 bits per heavy atom. The van der Waals surface area contributed by atoms with Crippen molar-refractivity contribution in [2.45, 2.75) is 0 Å². The maximum Gasteiger partial charge on any atom is 0.337 e. The van der Waals surface area contributed by atoms with Gasteiger partial charge in [-0.3, -0.25) is 4.98 Å². The standard InChI is InChI=1S/C10H6BrNO3/c11-7-1-2-8-6(9(7)10(14)15)3-5(13)4-12-8/h1-4,13H,(H,14,15). The molecule has 15 heavy (non-hydrogen) atoms. The molecule has 5 heteroatoms. The van der Waals surface area contributed by atoms with E-state index in [0.29, 0.717) is 15.4 Å². The topological polar surface area (TPSA) is 70.4 Å². The van der Waals surface area contributed by atoms with E-state index >= 15 is 0 Å². The van der Waals surface area contributed by atoms with E-state index in [1.54, 1.807) is 12.1 Å². The van der Waals surface area contributed by atoms with Crippen molar-refractivity contribution in [1.29, 1.82) is 0 Å². The van der Waals surface area contributed by atoms with Gasteiger partial charge >= 0.3 is 5.97 Å². The SMILES string of the molecule is O=C(O)c1c(Br)ccc2ncc(O)cc12. The molecule has 2 aromatic rings. The van der Waals surface area contributed by atoms with Crippen LogP contribution in [0.25, 0.3) is 10.9 Å². The lowest BCUT2D eigenvalue weighted by atomic mass is 10.1.